The molecule has 0 aliphatic heterocycles. The molecule has 0 fully saturated rings. The molecular formula is C13H27N3O. The molecule has 100 valence electrons. The molecule has 0 N–H and O–H groups in total. The Kier molecular flexibility index (Phi) is 8.46. The first-order valence-corrected chi connectivity index (χ1v) is 6.45. The van der Waals surface area contributed by atoms with Crippen LogP contribution in [0, 0.1) is 0 Å². The van der Waals surface area contributed by atoms with Gasteiger partial charge in [-0.1, -0.05) is 32.6 Å². The summed E-state index contributed by atoms with van der Waals surface area (Å²) in [6.45, 7) is 2.19. The van der Waals surface area contributed by atoms with Gasteiger partial charge in [0, 0.05) is 34.6 Å². The van der Waals surface area contributed by atoms with Crippen LogP contribution in [0.15, 0.2) is 4.99 Å². The summed E-state index contributed by atoms with van der Waals surface area (Å²) in [5.41, 5.74) is 0. The van der Waals surface area contributed by atoms with Crippen molar-refractivity contribution in [1.29, 1.82) is 0 Å². The van der Waals surface area contributed by atoms with E-state index in [4.69, 9.17) is 0 Å². The minimum absolute atomic E-state index is 0.0149. The van der Waals surface area contributed by atoms with Gasteiger partial charge in [-0.3, -0.25) is 4.79 Å². The Balaban J connectivity index is 4.00. The Labute approximate surface area is 106 Å². The third-order valence-corrected chi connectivity index (χ3v) is 2.52. The second-order valence-electron chi connectivity index (χ2n) is 4.76. The fraction of sp³-hybridized carbons (Fsp3) is 0.846. The highest BCUT2D eigenvalue weighted by atomic mass is 16.1. The van der Waals surface area contributed by atoms with Gasteiger partial charge in [-0.05, 0) is 6.42 Å². The van der Waals surface area contributed by atoms with Gasteiger partial charge in [0.2, 0.25) is 11.9 Å². The monoisotopic (exact) mass is 241 g/mol. The van der Waals surface area contributed by atoms with Crippen molar-refractivity contribution in [3.8, 4) is 0 Å². The van der Waals surface area contributed by atoms with Crippen molar-refractivity contribution < 1.29 is 4.79 Å². The minimum atomic E-state index is -0.0149. The molecule has 0 aromatic rings. The lowest BCUT2D eigenvalue weighted by molar-refractivity contribution is -0.118. The van der Waals surface area contributed by atoms with Crippen LogP contribution in [0.5, 0.6) is 0 Å². The largest absolute Gasteiger partial charge is 0.349 e. The van der Waals surface area contributed by atoms with Gasteiger partial charge in [0.1, 0.15) is 0 Å². The Morgan fingerprint density at radius 2 is 1.47 bits per heavy atom. The molecule has 0 unspecified atom stereocenters. The fourth-order valence-electron chi connectivity index (χ4n) is 1.65. The van der Waals surface area contributed by atoms with Crippen molar-refractivity contribution in [2.75, 3.05) is 28.2 Å². The van der Waals surface area contributed by atoms with Gasteiger partial charge in [-0.25, -0.2) is 0 Å². The van der Waals surface area contributed by atoms with Gasteiger partial charge in [-0.15, -0.1) is 0 Å². The van der Waals surface area contributed by atoms with Crippen LogP contribution in [-0.2, 0) is 4.79 Å². The maximum absolute atomic E-state index is 11.7. The number of guanidine groups is 1. The summed E-state index contributed by atoms with van der Waals surface area (Å²) in [6, 6.07) is 0. The molecule has 0 rings (SSSR count). The Hall–Kier alpha value is -1.06. The van der Waals surface area contributed by atoms with Gasteiger partial charge in [0.25, 0.3) is 0 Å². The third-order valence-electron chi connectivity index (χ3n) is 2.52. The summed E-state index contributed by atoms with van der Waals surface area (Å²) in [5.74, 6) is 0.697. The van der Waals surface area contributed by atoms with E-state index < -0.39 is 0 Å². The van der Waals surface area contributed by atoms with Crippen molar-refractivity contribution in [2.45, 2.75) is 45.4 Å². The van der Waals surface area contributed by atoms with Crippen LogP contribution in [-0.4, -0.2) is 49.9 Å². The van der Waals surface area contributed by atoms with E-state index >= 15 is 0 Å². The molecule has 0 aromatic carbocycles. The molecule has 0 atom stereocenters. The van der Waals surface area contributed by atoms with Crippen molar-refractivity contribution in [3.05, 3.63) is 0 Å². The standard InChI is InChI=1S/C13H27N3O/c1-6-7-8-9-10-11-12(17)14-13(15(2)3)16(4)5/h6-11H2,1-5H3. The zero-order valence-corrected chi connectivity index (χ0v) is 12.0. The van der Waals surface area contributed by atoms with Crippen molar-refractivity contribution in [2.24, 2.45) is 4.99 Å². The zero-order valence-electron chi connectivity index (χ0n) is 12.0. The maximum atomic E-state index is 11.7. The second-order valence-corrected chi connectivity index (χ2v) is 4.76. The first kappa shape index (κ1) is 15.9. The summed E-state index contributed by atoms with van der Waals surface area (Å²) >= 11 is 0. The van der Waals surface area contributed by atoms with Crippen molar-refractivity contribution in [1.82, 2.24) is 9.80 Å². The third kappa shape index (κ3) is 7.77. The molecule has 0 saturated carbocycles. The van der Waals surface area contributed by atoms with Crippen LogP contribution in [0.4, 0.5) is 0 Å². The number of carbonyl (C=O) groups is 1. The molecule has 0 aliphatic carbocycles. The molecule has 0 radical (unpaired) electrons. The number of nitrogens with zero attached hydrogens (tertiary/aromatic N) is 3. The molecule has 4 heteroatoms. The van der Waals surface area contributed by atoms with E-state index in [-0.39, 0.29) is 5.91 Å². The van der Waals surface area contributed by atoms with Gasteiger partial charge in [-0.2, -0.15) is 4.99 Å². The number of hydrogen-bond donors (Lipinski definition) is 0. The maximum Gasteiger partial charge on any atom is 0.248 e. The highest BCUT2D eigenvalue weighted by molar-refractivity contribution is 5.92. The zero-order chi connectivity index (χ0) is 13.3. The van der Waals surface area contributed by atoms with Crippen LogP contribution in [0.1, 0.15) is 45.4 Å². The highest BCUT2D eigenvalue weighted by Gasteiger charge is 2.07. The highest BCUT2D eigenvalue weighted by Crippen LogP contribution is 2.06. The van der Waals surface area contributed by atoms with Crippen LogP contribution >= 0.6 is 0 Å². The van der Waals surface area contributed by atoms with E-state index in [1.807, 2.05) is 38.0 Å². The molecule has 4 nitrogen and oxygen atoms in total. The van der Waals surface area contributed by atoms with E-state index in [0.29, 0.717) is 12.4 Å². The predicted molar refractivity (Wildman–Crippen MR) is 73.2 cm³/mol. The van der Waals surface area contributed by atoms with Crippen LogP contribution in [0.2, 0.25) is 0 Å². The first-order valence-electron chi connectivity index (χ1n) is 6.45. The smallest absolute Gasteiger partial charge is 0.248 e. The van der Waals surface area contributed by atoms with Crippen LogP contribution in [0.25, 0.3) is 0 Å². The molecule has 0 spiro atoms. The molecule has 0 bridgehead atoms. The molecule has 0 aromatic heterocycles. The topological polar surface area (TPSA) is 35.9 Å². The van der Waals surface area contributed by atoms with Crippen LogP contribution in [0.3, 0.4) is 0 Å². The lowest BCUT2D eigenvalue weighted by Crippen LogP contribution is -2.36. The van der Waals surface area contributed by atoms with Gasteiger partial charge >= 0.3 is 0 Å². The lowest BCUT2D eigenvalue weighted by Gasteiger charge is -2.22. The Bertz CT molecular complexity index is 237. The number of hydrogen-bond acceptors (Lipinski definition) is 1. The Morgan fingerprint density at radius 3 is 1.94 bits per heavy atom. The average Bonchev–Trinajstić information content (AvgIpc) is 2.24. The molecule has 0 saturated heterocycles. The molecule has 1 amide bonds. The predicted octanol–water partition coefficient (Wildman–Crippen LogP) is 2.35. The van der Waals surface area contributed by atoms with E-state index in [2.05, 4.69) is 11.9 Å². The quantitative estimate of drug-likeness (QED) is 0.407. The lowest BCUT2D eigenvalue weighted by atomic mass is 10.1. The first-order chi connectivity index (χ1) is 7.99. The van der Waals surface area contributed by atoms with E-state index in [0.717, 1.165) is 12.8 Å². The fourth-order valence-corrected chi connectivity index (χ4v) is 1.65. The summed E-state index contributed by atoms with van der Waals surface area (Å²) < 4.78 is 0. The van der Waals surface area contributed by atoms with E-state index in [9.17, 15) is 4.79 Å². The number of rotatable bonds is 6. The van der Waals surface area contributed by atoms with Crippen molar-refractivity contribution >= 4 is 11.9 Å². The summed E-state index contributed by atoms with van der Waals surface area (Å²) in [4.78, 5) is 19.5. The average molecular weight is 241 g/mol. The van der Waals surface area contributed by atoms with Gasteiger partial charge < -0.3 is 9.80 Å². The van der Waals surface area contributed by atoms with Crippen LogP contribution < -0.4 is 0 Å². The molecule has 0 aliphatic rings. The molecule has 0 heterocycles. The second kappa shape index (κ2) is 9.02. The number of carbonyl (C=O) groups excluding carboxylic acids is 1. The molecular weight excluding hydrogens is 214 g/mol. The van der Waals surface area contributed by atoms with E-state index in [1.165, 1.54) is 19.3 Å². The number of amides is 1. The minimum Gasteiger partial charge on any atom is -0.349 e. The Morgan fingerprint density at radius 1 is 0.941 bits per heavy atom. The summed E-state index contributed by atoms with van der Waals surface area (Å²) in [6.07, 6.45) is 6.37. The van der Waals surface area contributed by atoms with E-state index in [1.54, 1.807) is 0 Å². The van der Waals surface area contributed by atoms with Gasteiger partial charge in [0.05, 0.1) is 0 Å². The number of unbranched alkanes of at least 4 members (excludes halogenated alkanes) is 4. The number of aliphatic imine (C=N–C) groups is 1. The normalized spacial score (nSPS) is 9.94. The van der Waals surface area contributed by atoms with Gasteiger partial charge in [0.15, 0.2) is 0 Å². The summed E-state index contributed by atoms with van der Waals surface area (Å²) in [5, 5.41) is 0. The SMILES string of the molecule is CCCCCCCC(=O)N=C(N(C)C)N(C)C. The van der Waals surface area contributed by atoms with Crippen molar-refractivity contribution in [3.63, 3.8) is 0 Å². The molecule has 17 heavy (non-hydrogen) atoms. The summed E-state index contributed by atoms with van der Waals surface area (Å²) in [7, 11) is 7.58.